The van der Waals surface area contributed by atoms with Gasteiger partial charge in [-0.3, -0.25) is 0 Å². The second-order valence-corrected chi connectivity index (χ2v) is 7.52. The Bertz CT molecular complexity index is 302. The van der Waals surface area contributed by atoms with Crippen molar-refractivity contribution < 1.29 is 0 Å². The number of piperidine rings is 2. The molecule has 0 amide bonds. The van der Waals surface area contributed by atoms with Gasteiger partial charge in [-0.25, -0.2) is 0 Å². The first-order valence-corrected chi connectivity index (χ1v) is 8.27. The molecule has 2 heterocycles. The van der Waals surface area contributed by atoms with Gasteiger partial charge in [-0.2, -0.15) is 0 Å². The van der Waals surface area contributed by atoms with Gasteiger partial charge in [0.15, 0.2) is 0 Å². The molecule has 18 heavy (non-hydrogen) atoms. The fraction of sp³-hybridized carbons (Fsp3) is 1.00. The Morgan fingerprint density at radius 1 is 0.889 bits per heavy atom. The average molecular weight is 248 g/mol. The van der Waals surface area contributed by atoms with Crippen molar-refractivity contribution in [2.45, 2.75) is 82.0 Å². The van der Waals surface area contributed by atoms with Gasteiger partial charge in [-0.15, -0.1) is 0 Å². The zero-order valence-electron chi connectivity index (χ0n) is 11.8. The maximum atomic E-state index is 4.07. The molecule has 5 unspecified atom stereocenters. The van der Waals surface area contributed by atoms with E-state index in [1.54, 1.807) is 0 Å². The van der Waals surface area contributed by atoms with E-state index in [4.69, 9.17) is 0 Å². The lowest BCUT2D eigenvalue weighted by Gasteiger charge is -2.48. The lowest BCUT2D eigenvalue weighted by atomic mass is 9.81. The number of nitrogens with one attached hydrogen (secondary N) is 1. The molecule has 5 atom stereocenters. The second kappa shape index (κ2) is 4.49. The topological polar surface area (TPSA) is 15.3 Å². The number of fused-ring (bicyclic) bond motifs is 4. The number of rotatable bonds is 2. The van der Waals surface area contributed by atoms with E-state index in [1.807, 2.05) is 0 Å². The van der Waals surface area contributed by atoms with Gasteiger partial charge >= 0.3 is 0 Å². The van der Waals surface area contributed by atoms with E-state index in [0.29, 0.717) is 0 Å². The van der Waals surface area contributed by atoms with Crippen molar-refractivity contribution in [2.75, 3.05) is 7.05 Å². The molecule has 0 spiro atoms. The second-order valence-electron chi connectivity index (χ2n) is 7.52. The van der Waals surface area contributed by atoms with Gasteiger partial charge in [0, 0.05) is 24.2 Å². The van der Waals surface area contributed by atoms with Crippen LogP contribution in [0.15, 0.2) is 0 Å². The maximum absolute atomic E-state index is 4.07. The summed E-state index contributed by atoms with van der Waals surface area (Å²) < 4.78 is 0. The van der Waals surface area contributed by atoms with Gasteiger partial charge in [0.2, 0.25) is 0 Å². The van der Waals surface area contributed by atoms with Crippen LogP contribution >= 0.6 is 0 Å². The van der Waals surface area contributed by atoms with Crippen molar-refractivity contribution in [2.24, 2.45) is 11.8 Å². The molecule has 102 valence electrons. The molecule has 0 radical (unpaired) electrons. The van der Waals surface area contributed by atoms with Crippen molar-refractivity contribution >= 4 is 0 Å². The SMILES string of the molecule is CN1C2CCCC1CC(NC1CC3CCC1C3)C2. The molecule has 1 N–H and O–H groups in total. The lowest BCUT2D eigenvalue weighted by molar-refractivity contribution is 0.0437. The minimum atomic E-state index is 0.834. The first kappa shape index (κ1) is 11.7. The number of nitrogens with zero attached hydrogens (tertiary/aromatic N) is 1. The third-order valence-electron chi connectivity index (χ3n) is 6.53. The van der Waals surface area contributed by atoms with E-state index in [2.05, 4.69) is 17.3 Å². The minimum absolute atomic E-state index is 0.834. The molecule has 4 fully saturated rings. The van der Waals surface area contributed by atoms with E-state index in [0.717, 1.165) is 36.0 Å². The average Bonchev–Trinajstić information content (AvgIpc) is 2.92. The van der Waals surface area contributed by atoms with E-state index >= 15 is 0 Å². The van der Waals surface area contributed by atoms with E-state index in [9.17, 15) is 0 Å². The van der Waals surface area contributed by atoms with Crippen LogP contribution in [0.5, 0.6) is 0 Å². The highest BCUT2D eigenvalue weighted by atomic mass is 15.2. The van der Waals surface area contributed by atoms with Gasteiger partial charge < -0.3 is 10.2 Å². The van der Waals surface area contributed by atoms with Gasteiger partial charge in [0.1, 0.15) is 0 Å². The van der Waals surface area contributed by atoms with E-state index in [1.165, 1.54) is 57.8 Å². The van der Waals surface area contributed by atoms with Crippen LogP contribution in [0.4, 0.5) is 0 Å². The molecule has 4 aliphatic rings. The third kappa shape index (κ3) is 1.92. The van der Waals surface area contributed by atoms with Crippen molar-refractivity contribution in [1.29, 1.82) is 0 Å². The van der Waals surface area contributed by atoms with Crippen LogP contribution in [0.25, 0.3) is 0 Å². The largest absolute Gasteiger partial charge is 0.311 e. The van der Waals surface area contributed by atoms with Crippen LogP contribution in [0, 0.1) is 11.8 Å². The summed E-state index contributed by atoms with van der Waals surface area (Å²) in [5, 5.41) is 4.07. The van der Waals surface area contributed by atoms with Crippen molar-refractivity contribution in [3.8, 4) is 0 Å². The highest BCUT2D eigenvalue weighted by Gasteiger charge is 2.42. The van der Waals surface area contributed by atoms with Gasteiger partial charge in [0.25, 0.3) is 0 Å². The van der Waals surface area contributed by atoms with Crippen molar-refractivity contribution in [1.82, 2.24) is 10.2 Å². The van der Waals surface area contributed by atoms with Crippen molar-refractivity contribution in [3.63, 3.8) is 0 Å². The smallest absolute Gasteiger partial charge is 0.0110 e. The van der Waals surface area contributed by atoms with Gasteiger partial charge in [-0.1, -0.05) is 12.8 Å². The molecular formula is C16H28N2. The summed E-state index contributed by atoms with van der Waals surface area (Å²) in [4.78, 5) is 2.68. The fourth-order valence-corrected chi connectivity index (χ4v) is 5.50. The van der Waals surface area contributed by atoms with Crippen LogP contribution < -0.4 is 5.32 Å². The molecular weight excluding hydrogens is 220 g/mol. The van der Waals surface area contributed by atoms with Gasteiger partial charge in [0.05, 0.1) is 0 Å². The molecule has 0 aromatic heterocycles. The molecule has 0 aromatic carbocycles. The third-order valence-corrected chi connectivity index (χ3v) is 6.53. The summed E-state index contributed by atoms with van der Waals surface area (Å²) in [5.74, 6) is 2.12. The lowest BCUT2D eigenvalue weighted by Crippen LogP contribution is -2.56. The zero-order chi connectivity index (χ0) is 12.1. The van der Waals surface area contributed by atoms with E-state index < -0.39 is 0 Å². The Morgan fingerprint density at radius 2 is 1.67 bits per heavy atom. The summed E-state index contributed by atoms with van der Waals surface area (Å²) in [5.41, 5.74) is 0. The standard InChI is InChI=1S/C16H28N2/c1-18-14-3-2-4-15(18)10-13(9-14)17-16-8-11-5-6-12(16)7-11/h11-17H,2-10H2,1H3. The Labute approximate surface area is 111 Å². The molecule has 2 heteroatoms. The van der Waals surface area contributed by atoms with Crippen LogP contribution in [0.1, 0.15) is 57.8 Å². The highest BCUT2D eigenvalue weighted by Crippen LogP contribution is 2.45. The Hall–Kier alpha value is -0.0800. The summed E-state index contributed by atoms with van der Waals surface area (Å²) >= 11 is 0. The monoisotopic (exact) mass is 248 g/mol. The molecule has 0 aromatic rings. The van der Waals surface area contributed by atoms with Crippen LogP contribution in [0.3, 0.4) is 0 Å². The molecule has 2 aliphatic carbocycles. The van der Waals surface area contributed by atoms with Crippen molar-refractivity contribution in [3.05, 3.63) is 0 Å². The Kier molecular flexibility index (Phi) is 2.92. The number of hydrogen-bond acceptors (Lipinski definition) is 2. The predicted octanol–water partition coefficient (Wildman–Crippen LogP) is 2.78. The summed E-state index contributed by atoms with van der Waals surface area (Å²) in [6.07, 6.45) is 13.3. The Balaban J connectivity index is 1.38. The fourth-order valence-electron chi connectivity index (χ4n) is 5.50. The molecule has 2 saturated carbocycles. The first-order valence-electron chi connectivity index (χ1n) is 8.27. The molecule has 4 bridgehead atoms. The molecule has 2 nitrogen and oxygen atoms in total. The first-order chi connectivity index (χ1) is 8.79. The quantitative estimate of drug-likeness (QED) is 0.808. The Morgan fingerprint density at radius 3 is 2.28 bits per heavy atom. The normalized spacial score (nSPS) is 51.8. The summed E-state index contributed by atoms with van der Waals surface area (Å²) in [7, 11) is 2.36. The van der Waals surface area contributed by atoms with Crippen LogP contribution in [-0.4, -0.2) is 36.1 Å². The summed E-state index contributed by atoms with van der Waals surface area (Å²) in [6.45, 7) is 0. The van der Waals surface area contributed by atoms with Crippen LogP contribution in [-0.2, 0) is 0 Å². The van der Waals surface area contributed by atoms with Crippen LogP contribution in [0.2, 0.25) is 0 Å². The van der Waals surface area contributed by atoms with E-state index in [-0.39, 0.29) is 0 Å². The predicted molar refractivity (Wildman–Crippen MR) is 74.6 cm³/mol. The highest BCUT2D eigenvalue weighted by molar-refractivity contribution is 4.99. The molecule has 4 rings (SSSR count). The number of hydrogen-bond donors (Lipinski definition) is 1. The minimum Gasteiger partial charge on any atom is -0.311 e. The van der Waals surface area contributed by atoms with Gasteiger partial charge in [-0.05, 0) is 63.8 Å². The molecule has 2 aliphatic heterocycles. The molecule has 2 saturated heterocycles. The summed E-state index contributed by atoms with van der Waals surface area (Å²) in [6, 6.07) is 3.49. The maximum Gasteiger partial charge on any atom is 0.0110 e. The zero-order valence-corrected chi connectivity index (χ0v) is 11.8.